The number of nitrogens with one attached hydrogen (secondary N) is 3. The number of rotatable bonds is 10. The van der Waals surface area contributed by atoms with Crippen molar-refractivity contribution in [3.8, 4) is 0 Å². The molecule has 0 radical (unpaired) electrons. The number of benzene rings is 3. The molecular formula is C32H35N3O3. The monoisotopic (exact) mass is 509 g/mol. The van der Waals surface area contributed by atoms with Gasteiger partial charge in [-0.05, 0) is 46.9 Å². The van der Waals surface area contributed by atoms with E-state index in [2.05, 4.69) is 34.7 Å². The van der Waals surface area contributed by atoms with Crippen LogP contribution in [0.25, 0.3) is 10.9 Å². The van der Waals surface area contributed by atoms with E-state index in [1.807, 2.05) is 85.9 Å². The zero-order valence-corrected chi connectivity index (χ0v) is 21.9. The van der Waals surface area contributed by atoms with Gasteiger partial charge in [0, 0.05) is 29.6 Å². The molecule has 1 fully saturated rings. The smallest absolute Gasteiger partial charge is 0.407 e. The first-order valence-electron chi connectivity index (χ1n) is 13.3. The molecule has 1 aliphatic carbocycles. The second-order valence-corrected chi connectivity index (χ2v) is 10.6. The summed E-state index contributed by atoms with van der Waals surface area (Å²) >= 11 is 0. The van der Waals surface area contributed by atoms with Crippen LogP contribution in [0.5, 0.6) is 0 Å². The van der Waals surface area contributed by atoms with Gasteiger partial charge in [0.2, 0.25) is 5.91 Å². The number of carbonyl (C=O) groups excluding carboxylic acids is 2. The van der Waals surface area contributed by atoms with Crippen molar-refractivity contribution in [2.75, 3.05) is 6.54 Å². The van der Waals surface area contributed by atoms with Crippen molar-refractivity contribution < 1.29 is 14.3 Å². The summed E-state index contributed by atoms with van der Waals surface area (Å²) in [6, 6.07) is 27.5. The van der Waals surface area contributed by atoms with Crippen LogP contribution in [-0.4, -0.2) is 23.5 Å². The first kappa shape index (κ1) is 25.6. The number of alkyl carbamates (subject to hydrolysis) is 1. The summed E-state index contributed by atoms with van der Waals surface area (Å²) in [5.74, 6) is 0.0311. The first-order chi connectivity index (χ1) is 18.5. The van der Waals surface area contributed by atoms with Gasteiger partial charge in [-0.15, -0.1) is 0 Å². The lowest BCUT2D eigenvalue weighted by Crippen LogP contribution is -2.37. The van der Waals surface area contributed by atoms with Crippen LogP contribution in [0.3, 0.4) is 0 Å². The summed E-state index contributed by atoms with van der Waals surface area (Å²) < 4.78 is 5.53. The third kappa shape index (κ3) is 5.59. The highest BCUT2D eigenvalue weighted by molar-refractivity contribution is 5.83. The number of fused-ring (bicyclic) bond motifs is 1. The van der Waals surface area contributed by atoms with E-state index in [0.29, 0.717) is 6.54 Å². The van der Waals surface area contributed by atoms with Gasteiger partial charge < -0.3 is 20.4 Å². The number of H-pyrrole nitrogens is 1. The predicted molar refractivity (Wildman–Crippen MR) is 149 cm³/mol. The van der Waals surface area contributed by atoms with Gasteiger partial charge in [-0.1, -0.05) is 92.7 Å². The Bertz CT molecular complexity index is 1380. The fourth-order valence-electron chi connectivity index (χ4n) is 5.65. The summed E-state index contributed by atoms with van der Waals surface area (Å²) in [7, 11) is 0. The van der Waals surface area contributed by atoms with Crippen molar-refractivity contribution in [1.82, 2.24) is 15.6 Å². The summed E-state index contributed by atoms with van der Waals surface area (Å²) in [6.07, 6.45) is 3.19. The molecule has 38 heavy (non-hydrogen) atoms. The second-order valence-electron chi connectivity index (χ2n) is 10.6. The van der Waals surface area contributed by atoms with E-state index in [1.54, 1.807) is 0 Å². The topological polar surface area (TPSA) is 83.2 Å². The lowest BCUT2D eigenvalue weighted by molar-refractivity contribution is -0.125. The normalized spacial score (nSPS) is 19.9. The van der Waals surface area contributed by atoms with Crippen LogP contribution in [-0.2, 0) is 22.6 Å². The Balaban J connectivity index is 1.20. The molecule has 6 nitrogen and oxygen atoms in total. The molecule has 0 saturated heterocycles. The van der Waals surface area contributed by atoms with Crippen molar-refractivity contribution in [1.29, 1.82) is 0 Å². The van der Waals surface area contributed by atoms with E-state index in [9.17, 15) is 9.59 Å². The van der Waals surface area contributed by atoms with Gasteiger partial charge in [-0.25, -0.2) is 4.79 Å². The van der Waals surface area contributed by atoms with E-state index in [-0.39, 0.29) is 35.8 Å². The summed E-state index contributed by atoms with van der Waals surface area (Å²) in [5, 5.41) is 7.44. The fourth-order valence-corrected chi connectivity index (χ4v) is 5.65. The van der Waals surface area contributed by atoms with Gasteiger partial charge in [0.25, 0.3) is 0 Å². The molecule has 0 aliphatic heterocycles. The summed E-state index contributed by atoms with van der Waals surface area (Å²) in [4.78, 5) is 29.2. The Morgan fingerprint density at radius 1 is 1.00 bits per heavy atom. The van der Waals surface area contributed by atoms with Gasteiger partial charge in [0.05, 0.1) is 6.04 Å². The SMILES string of the molecule is CC(C(=O)NCCc1c[nH]c2ccccc12)C1C[C@@]1(C)C(NC(=O)OCc1ccccc1)c1ccccc1. The minimum atomic E-state index is -0.453. The fraction of sp³-hybridized carbons (Fsp3) is 0.312. The van der Waals surface area contributed by atoms with Gasteiger partial charge in [-0.3, -0.25) is 4.79 Å². The van der Waals surface area contributed by atoms with Crippen molar-refractivity contribution >= 4 is 22.9 Å². The van der Waals surface area contributed by atoms with Crippen LogP contribution in [0, 0.1) is 17.3 Å². The molecule has 6 heteroatoms. The highest BCUT2D eigenvalue weighted by Crippen LogP contribution is 2.63. The standard InChI is InChI=1S/C32H35N3O3/c1-22(30(36)33-18-17-25-20-34-28-16-10-9-15-26(25)28)27-19-32(27,2)29(24-13-7-4-8-14-24)35-31(37)38-21-23-11-5-3-6-12-23/h3-16,20,22,27,29,34H,17-19,21H2,1-2H3,(H,33,36)(H,35,37)/t22?,27?,29?,32-/m1/s1. The van der Waals surface area contributed by atoms with Crippen LogP contribution in [0.4, 0.5) is 4.79 Å². The number of carbonyl (C=O) groups is 2. The molecule has 5 rings (SSSR count). The van der Waals surface area contributed by atoms with Crippen LogP contribution < -0.4 is 10.6 Å². The average molecular weight is 510 g/mol. The number of aromatic nitrogens is 1. The third-order valence-electron chi connectivity index (χ3n) is 8.00. The molecule has 1 aromatic heterocycles. The number of hydrogen-bond acceptors (Lipinski definition) is 3. The van der Waals surface area contributed by atoms with Crippen molar-refractivity contribution in [2.24, 2.45) is 17.3 Å². The molecule has 2 amide bonds. The average Bonchev–Trinajstić information content (AvgIpc) is 3.48. The molecule has 1 saturated carbocycles. The van der Waals surface area contributed by atoms with E-state index < -0.39 is 6.09 Å². The highest BCUT2D eigenvalue weighted by atomic mass is 16.5. The highest BCUT2D eigenvalue weighted by Gasteiger charge is 2.59. The lowest BCUT2D eigenvalue weighted by atomic mass is 9.86. The number of hydrogen-bond donors (Lipinski definition) is 3. The lowest BCUT2D eigenvalue weighted by Gasteiger charge is -2.28. The van der Waals surface area contributed by atoms with Crippen molar-refractivity contribution in [3.05, 3.63) is 108 Å². The Labute approximate surface area is 223 Å². The molecule has 1 aliphatic rings. The molecule has 3 N–H and O–H groups in total. The van der Waals surface area contributed by atoms with Gasteiger partial charge in [0.1, 0.15) is 6.61 Å². The molecule has 3 aromatic carbocycles. The van der Waals surface area contributed by atoms with Crippen molar-refractivity contribution in [2.45, 2.75) is 39.3 Å². The Morgan fingerprint density at radius 2 is 1.68 bits per heavy atom. The largest absolute Gasteiger partial charge is 0.445 e. The maximum absolute atomic E-state index is 13.1. The van der Waals surface area contributed by atoms with Gasteiger partial charge >= 0.3 is 6.09 Å². The van der Waals surface area contributed by atoms with E-state index >= 15 is 0 Å². The van der Waals surface area contributed by atoms with E-state index in [0.717, 1.165) is 29.5 Å². The number of aromatic amines is 1. The van der Waals surface area contributed by atoms with Crippen molar-refractivity contribution in [3.63, 3.8) is 0 Å². The molecule has 0 bridgehead atoms. The van der Waals surface area contributed by atoms with Crippen LogP contribution >= 0.6 is 0 Å². The quantitative estimate of drug-likeness (QED) is 0.240. The van der Waals surface area contributed by atoms with Crippen LogP contribution in [0.2, 0.25) is 0 Å². The predicted octanol–water partition coefficient (Wildman–Crippen LogP) is 6.16. The summed E-state index contributed by atoms with van der Waals surface area (Å²) in [6.45, 7) is 4.94. The minimum Gasteiger partial charge on any atom is -0.445 e. The Morgan fingerprint density at radius 3 is 2.45 bits per heavy atom. The number of amides is 2. The molecule has 1 heterocycles. The molecule has 4 atom stereocenters. The summed E-state index contributed by atoms with van der Waals surface area (Å²) in [5.41, 5.74) is 4.01. The van der Waals surface area contributed by atoms with Crippen LogP contribution in [0.15, 0.2) is 91.1 Å². The Hall–Kier alpha value is -4.06. The second kappa shape index (κ2) is 11.1. The first-order valence-corrected chi connectivity index (χ1v) is 13.3. The zero-order chi connectivity index (χ0) is 26.5. The number of ether oxygens (including phenoxy) is 1. The van der Waals surface area contributed by atoms with E-state index in [4.69, 9.17) is 4.74 Å². The number of para-hydroxylation sites is 1. The Kier molecular flexibility index (Phi) is 7.50. The van der Waals surface area contributed by atoms with Gasteiger partial charge in [-0.2, -0.15) is 0 Å². The maximum atomic E-state index is 13.1. The minimum absolute atomic E-state index is 0.0528. The molecule has 4 aromatic rings. The molecule has 196 valence electrons. The zero-order valence-electron chi connectivity index (χ0n) is 21.9. The van der Waals surface area contributed by atoms with E-state index in [1.165, 1.54) is 10.9 Å². The molecule has 3 unspecified atom stereocenters. The maximum Gasteiger partial charge on any atom is 0.407 e. The molecular weight excluding hydrogens is 474 g/mol. The van der Waals surface area contributed by atoms with Gasteiger partial charge in [0.15, 0.2) is 0 Å². The van der Waals surface area contributed by atoms with Crippen LogP contribution in [0.1, 0.15) is 43.0 Å². The third-order valence-corrected chi connectivity index (χ3v) is 8.00. The molecule has 0 spiro atoms.